The lowest BCUT2D eigenvalue weighted by Gasteiger charge is -2.42. The highest BCUT2D eigenvalue weighted by Crippen LogP contribution is 2.25. The molecule has 0 radical (unpaired) electrons. The third-order valence-electron chi connectivity index (χ3n) is 6.38. The summed E-state index contributed by atoms with van der Waals surface area (Å²) in [6, 6.07) is 17.2. The molecule has 6 heteroatoms. The van der Waals surface area contributed by atoms with Gasteiger partial charge in [0, 0.05) is 43.6 Å². The minimum absolute atomic E-state index is 0.383. The number of hydrogen-bond acceptors (Lipinski definition) is 4. The highest BCUT2D eigenvalue weighted by atomic mass is 32.2. The van der Waals surface area contributed by atoms with Crippen LogP contribution in [0.15, 0.2) is 70.7 Å². The molecule has 1 saturated heterocycles. The first kappa shape index (κ1) is 25.9. The summed E-state index contributed by atoms with van der Waals surface area (Å²) in [6.07, 6.45) is 1.72. The molecule has 1 N–H and O–H groups in total. The van der Waals surface area contributed by atoms with Gasteiger partial charge in [-0.2, -0.15) is 0 Å². The van der Waals surface area contributed by atoms with Gasteiger partial charge in [0.25, 0.3) is 0 Å². The maximum absolute atomic E-state index is 12.7. The number of anilines is 1. The summed E-state index contributed by atoms with van der Waals surface area (Å²) in [5.41, 5.74) is 6.39. The molecule has 182 valence electrons. The van der Waals surface area contributed by atoms with Gasteiger partial charge in [0.2, 0.25) is 0 Å². The second kappa shape index (κ2) is 12.1. The molecule has 0 amide bonds. The van der Waals surface area contributed by atoms with E-state index in [1.807, 2.05) is 31.2 Å². The molecule has 0 saturated carbocycles. The Balaban J connectivity index is 1.58. The van der Waals surface area contributed by atoms with E-state index in [2.05, 4.69) is 77.8 Å². The van der Waals surface area contributed by atoms with Gasteiger partial charge < -0.3 is 9.62 Å². The Kier molecular flexibility index (Phi) is 9.25. The maximum Gasteiger partial charge on any atom is 0.147 e. The molecule has 0 aliphatic carbocycles. The van der Waals surface area contributed by atoms with Crippen LogP contribution in [-0.4, -0.2) is 46.4 Å². The molecular formula is C28H38N4OS. The largest absolute Gasteiger partial charge is 0.366 e. The summed E-state index contributed by atoms with van der Waals surface area (Å²) < 4.78 is 15.8. The first-order valence-corrected chi connectivity index (χ1v) is 13.2. The SMILES string of the molecule is C=N/C(CCC)=C(/C)S(=O)Nc1ccc(C(=C)N2CCN(Cc3ccc(C)cc3)CC2C)cc1. The van der Waals surface area contributed by atoms with E-state index in [1.54, 1.807) is 0 Å². The van der Waals surface area contributed by atoms with Crippen molar-refractivity contribution in [2.75, 3.05) is 24.4 Å². The summed E-state index contributed by atoms with van der Waals surface area (Å²) in [7, 11) is -1.34. The second-order valence-electron chi connectivity index (χ2n) is 9.07. The van der Waals surface area contributed by atoms with Crippen LogP contribution in [0.4, 0.5) is 5.69 Å². The maximum atomic E-state index is 12.7. The first-order valence-electron chi connectivity index (χ1n) is 12.0. The Hall–Kier alpha value is -2.70. The molecule has 2 aromatic carbocycles. The lowest BCUT2D eigenvalue weighted by Crippen LogP contribution is -2.50. The van der Waals surface area contributed by atoms with Gasteiger partial charge in [0.1, 0.15) is 11.0 Å². The van der Waals surface area contributed by atoms with Gasteiger partial charge in [0.15, 0.2) is 0 Å². The van der Waals surface area contributed by atoms with Crippen molar-refractivity contribution in [1.82, 2.24) is 9.80 Å². The molecule has 1 aliphatic rings. The first-order chi connectivity index (χ1) is 16.3. The number of nitrogens with one attached hydrogen (secondary N) is 1. The summed E-state index contributed by atoms with van der Waals surface area (Å²) >= 11 is 0. The number of rotatable bonds is 10. The Morgan fingerprint density at radius 1 is 1.15 bits per heavy atom. The summed E-state index contributed by atoms with van der Waals surface area (Å²) in [4.78, 5) is 9.68. The molecule has 0 spiro atoms. The van der Waals surface area contributed by atoms with Crippen molar-refractivity contribution in [3.05, 3.63) is 82.4 Å². The molecule has 34 heavy (non-hydrogen) atoms. The van der Waals surface area contributed by atoms with E-state index in [9.17, 15) is 4.21 Å². The molecule has 1 fully saturated rings. The summed E-state index contributed by atoms with van der Waals surface area (Å²) in [5.74, 6) is 0. The quantitative estimate of drug-likeness (QED) is 0.427. The fourth-order valence-electron chi connectivity index (χ4n) is 4.32. The molecule has 5 nitrogen and oxygen atoms in total. The van der Waals surface area contributed by atoms with Gasteiger partial charge in [-0.25, -0.2) is 4.21 Å². The Labute approximate surface area is 207 Å². The molecule has 1 heterocycles. The molecule has 2 unspecified atom stereocenters. The highest BCUT2D eigenvalue weighted by Gasteiger charge is 2.25. The number of piperazine rings is 1. The van der Waals surface area contributed by atoms with Crippen LogP contribution in [0.1, 0.15) is 50.3 Å². The lowest BCUT2D eigenvalue weighted by atomic mass is 10.1. The number of aryl methyl sites for hydroxylation is 1. The average molecular weight is 479 g/mol. The second-order valence-corrected chi connectivity index (χ2v) is 10.4. The van der Waals surface area contributed by atoms with E-state index in [0.717, 1.165) is 66.6 Å². The molecule has 3 rings (SSSR count). The Bertz CT molecular complexity index is 1040. The lowest BCUT2D eigenvalue weighted by molar-refractivity contribution is 0.123. The van der Waals surface area contributed by atoms with Crippen LogP contribution < -0.4 is 4.72 Å². The topological polar surface area (TPSA) is 47.9 Å². The van der Waals surface area contributed by atoms with E-state index >= 15 is 0 Å². The van der Waals surface area contributed by atoms with Crippen molar-refractivity contribution < 1.29 is 4.21 Å². The van der Waals surface area contributed by atoms with E-state index in [4.69, 9.17) is 0 Å². The predicted octanol–water partition coefficient (Wildman–Crippen LogP) is 5.98. The molecule has 1 aliphatic heterocycles. The van der Waals surface area contributed by atoms with Gasteiger partial charge in [-0.05, 0) is 57.2 Å². The van der Waals surface area contributed by atoms with Crippen LogP contribution in [0.25, 0.3) is 5.70 Å². The minimum atomic E-state index is -1.34. The molecular weight excluding hydrogens is 440 g/mol. The van der Waals surface area contributed by atoms with Crippen molar-refractivity contribution >= 4 is 29.1 Å². The fourth-order valence-corrected chi connectivity index (χ4v) is 5.20. The van der Waals surface area contributed by atoms with Gasteiger partial charge in [-0.15, -0.1) is 0 Å². The molecule has 0 aromatic heterocycles. The molecule has 2 atom stereocenters. The molecule has 2 aromatic rings. The van der Waals surface area contributed by atoms with E-state index < -0.39 is 11.0 Å². The van der Waals surface area contributed by atoms with Crippen molar-refractivity contribution in [2.45, 2.75) is 53.1 Å². The van der Waals surface area contributed by atoms with Crippen LogP contribution in [0.2, 0.25) is 0 Å². The van der Waals surface area contributed by atoms with Crippen LogP contribution in [-0.2, 0) is 17.5 Å². The zero-order chi connectivity index (χ0) is 24.7. The fraction of sp³-hybridized carbons (Fsp3) is 0.393. The van der Waals surface area contributed by atoms with Crippen LogP contribution >= 0.6 is 0 Å². The van der Waals surface area contributed by atoms with Crippen molar-refractivity contribution in [3.8, 4) is 0 Å². The number of aliphatic imine (C=N–C) groups is 1. The number of hydrogen-bond donors (Lipinski definition) is 1. The Morgan fingerprint density at radius 2 is 1.82 bits per heavy atom. The normalized spacial score (nSPS) is 18.2. The zero-order valence-corrected chi connectivity index (χ0v) is 21.8. The van der Waals surface area contributed by atoms with Crippen LogP contribution in [0, 0.1) is 6.92 Å². The monoisotopic (exact) mass is 478 g/mol. The van der Waals surface area contributed by atoms with E-state index in [1.165, 1.54) is 11.1 Å². The summed E-state index contributed by atoms with van der Waals surface area (Å²) in [6.45, 7) is 20.3. The number of nitrogens with zero attached hydrogens (tertiary/aromatic N) is 3. The smallest absolute Gasteiger partial charge is 0.147 e. The van der Waals surface area contributed by atoms with Gasteiger partial charge in [-0.3, -0.25) is 9.89 Å². The third-order valence-corrected chi connectivity index (χ3v) is 7.59. The summed E-state index contributed by atoms with van der Waals surface area (Å²) in [5, 5.41) is 0. The standard InChI is InChI=1S/C28H38N4OS/c1-7-8-28(29-6)24(5)34(33)30-27-15-13-26(14-16-27)23(4)32-18-17-31(19-22(32)3)20-25-11-9-21(2)10-12-25/h9-16,22,30H,4,6-8,17-20H2,1-3,5H3/b28-24-. The van der Waals surface area contributed by atoms with Gasteiger partial charge in [0.05, 0.1) is 10.6 Å². The molecule has 0 bridgehead atoms. The average Bonchev–Trinajstić information content (AvgIpc) is 2.83. The van der Waals surface area contributed by atoms with E-state index in [-0.39, 0.29) is 0 Å². The number of benzene rings is 2. The Morgan fingerprint density at radius 3 is 2.41 bits per heavy atom. The predicted molar refractivity (Wildman–Crippen MR) is 147 cm³/mol. The van der Waals surface area contributed by atoms with Crippen molar-refractivity contribution in [2.24, 2.45) is 4.99 Å². The van der Waals surface area contributed by atoms with Crippen LogP contribution in [0.3, 0.4) is 0 Å². The van der Waals surface area contributed by atoms with Gasteiger partial charge in [-0.1, -0.05) is 61.9 Å². The van der Waals surface area contributed by atoms with E-state index in [0.29, 0.717) is 6.04 Å². The number of allylic oxidation sites excluding steroid dienone is 2. The third kappa shape index (κ3) is 6.67. The van der Waals surface area contributed by atoms with Crippen molar-refractivity contribution in [3.63, 3.8) is 0 Å². The highest BCUT2D eigenvalue weighted by molar-refractivity contribution is 7.90. The van der Waals surface area contributed by atoms with Crippen molar-refractivity contribution in [1.29, 1.82) is 0 Å². The minimum Gasteiger partial charge on any atom is -0.366 e. The zero-order valence-electron chi connectivity index (χ0n) is 21.0. The van der Waals surface area contributed by atoms with Crippen LogP contribution in [0.5, 0.6) is 0 Å². The van der Waals surface area contributed by atoms with Gasteiger partial charge >= 0.3 is 0 Å².